The van der Waals surface area contributed by atoms with E-state index in [9.17, 15) is 9.18 Å². The number of nitrogens with one attached hydrogen (secondary N) is 2. The molecule has 0 saturated carbocycles. The fraction of sp³-hybridized carbons (Fsp3) is 0.474. The first-order valence-electron chi connectivity index (χ1n) is 8.95. The quantitative estimate of drug-likeness (QED) is 0.687. The van der Waals surface area contributed by atoms with Crippen LogP contribution < -0.4 is 15.4 Å². The fourth-order valence-electron chi connectivity index (χ4n) is 4.21. The molecule has 2 aromatic rings. The van der Waals surface area contributed by atoms with Crippen molar-refractivity contribution in [1.82, 2.24) is 15.6 Å². The van der Waals surface area contributed by atoms with E-state index in [4.69, 9.17) is 4.74 Å². The SMILES string of the molecule is Cl.O=C(NCCOc1ccc(F)cc1)[C@]1(Cc2cscn2)C[C@@H]2CC[C@H]1N2. The topological polar surface area (TPSA) is 63.2 Å². The summed E-state index contributed by atoms with van der Waals surface area (Å²) < 4.78 is 18.5. The van der Waals surface area contributed by atoms with Gasteiger partial charge in [0.05, 0.1) is 23.2 Å². The van der Waals surface area contributed by atoms with Crippen molar-refractivity contribution in [2.75, 3.05) is 13.2 Å². The third-order valence-electron chi connectivity index (χ3n) is 5.42. The lowest BCUT2D eigenvalue weighted by molar-refractivity contribution is -0.132. The molecule has 2 aliphatic heterocycles. The van der Waals surface area contributed by atoms with Crippen LogP contribution in [0.5, 0.6) is 5.75 Å². The number of halogens is 2. The summed E-state index contributed by atoms with van der Waals surface area (Å²) in [4.78, 5) is 17.4. The molecule has 1 amide bonds. The van der Waals surface area contributed by atoms with Crippen molar-refractivity contribution in [3.8, 4) is 5.75 Å². The standard InChI is InChI=1S/C19H22FN3O2S.ClH/c20-13-1-4-16(5-2-13)25-8-7-21-18(24)19(10-15-11-26-12-22-15)9-14-3-6-17(19)23-14;/h1-2,4-5,11-12,14,17,23H,3,6-10H2,(H,21,24);1H/t14-,17+,19-;/m0./s1. The minimum atomic E-state index is -0.424. The van der Waals surface area contributed by atoms with Gasteiger partial charge < -0.3 is 15.4 Å². The number of hydrogen-bond donors (Lipinski definition) is 2. The normalized spacial score (nSPS) is 25.8. The molecule has 27 heavy (non-hydrogen) atoms. The smallest absolute Gasteiger partial charge is 0.228 e. The maximum atomic E-state index is 13.1. The predicted molar refractivity (Wildman–Crippen MR) is 105 cm³/mol. The first kappa shape index (κ1) is 20.0. The lowest BCUT2D eigenvalue weighted by atomic mass is 9.70. The highest BCUT2D eigenvalue weighted by Gasteiger charge is 2.55. The molecule has 2 N–H and O–H groups in total. The molecule has 4 rings (SSSR count). The van der Waals surface area contributed by atoms with Gasteiger partial charge in [0.2, 0.25) is 5.91 Å². The minimum Gasteiger partial charge on any atom is -0.492 e. The molecule has 2 fully saturated rings. The van der Waals surface area contributed by atoms with Crippen LogP contribution in [-0.4, -0.2) is 36.1 Å². The third-order valence-corrected chi connectivity index (χ3v) is 6.06. The highest BCUT2D eigenvalue weighted by Crippen LogP contribution is 2.45. The van der Waals surface area contributed by atoms with Gasteiger partial charge in [-0.2, -0.15) is 0 Å². The number of carbonyl (C=O) groups is 1. The maximum absolute atomic E-state index is 13.1. The molecule has 3 atom stereocenters. The summed E-state index contributed by atoms with van der Waals surface area (Å²) in [5, 5.41) is 8.65. The molecule has 1 aromatic heterocycles. The van der Waals surface area contributed by atoms with E-state index in [0.717, 1.165) is 25.0 Å². The first-order valence-corrected chi connectivity index (χ1v) is 9.90. The van der Waals surface area contributed by atoms with Gasteiger partial charge in [0.25, 0.3) is 0 Å². The van der Waals surface area contributed by atoms with E-state index in [1.165, 1.54) is 12.1 Å². The number of hydrogen-bond acceptors (Lipinski definition) is 5. The molecule has 0 spiro atoms. The highest BCUT2D eigenvalue weighted by atomic mass is 35.5. The van der Waals surface area contributed by atoms with E-state index >= 15 is 0 Å². The zero-order chi connectivity index (χ0) is 18.0. The second kappa shape index (κ2) is 8.54. The van der Waals surface area contributed by atoms with Gasteiger partial charge in [-0.05, 0) is 43.5 Å². The van der Waals surface area contributed by atoms with Crippen molar-refractivity contribution < 1.29 is 13.9 Å². The largest absolute Gasteiger partial charge is 0.492 e. The average Bonchev–Trinajstić information content (AvgIpc) is 3.38. The Morgan fingerprint density at radius 3 is 2.81 bits per heavy atom. The Hall–Kier alpha value is -1.70. The van der Waals surface area contributed by atoms with Gasteiger partial charge in [-0.15, -0.1) is 23.7 Å². The number of aromatic nitrogens is 1. The van der Waals surface area contributed by atoms with Gasteiger partial charge in [0, 0.05) is 23.9 Å². The van der Waals surface area contributed by atoms with E-state index in [1.54, 1.807) is 23.5 Å². The van der Waals surface area contributed by atoms with Gasteiger partial charge in [-0.1, -0.05) is 0 Å². The highest BCUT2D eigenvalue weighted by molar-refractivity contribution is 7.07. The van der Waals surface area contributed by atoms with Crippen LogP contribution >= 0.6 is 23.7 Å². The molecule has 8 heteroatoms. The molecular weight excluding hydrogens is 389 g/mol. The molecule has 5 nitrogen and oxygen atoms in total. The Morgan fingerprint density at radius 2 is 2.19 bits per heavy atom. The summed E-state index contributed by atoms with van der Waals surface area (Å²) >= 11 is 1.56. The van der Waals surface area contributed by atoms with Crippen LogP contribution in [0.1, 0.15) is 25.0 Å². The third kappa shape index (κ3) is 4.25. The second-order valence-electron chi connectivity index (χ2n) is 7.07. The number of thiazole rings is 1. The van der Waals surface area contributed by atoms with Crippen LogP contribution in [0.3, 0.4) is 0 Å². The number of fused-ring (bicyclic) bond motifs is 2. The minimum absolute atomic E-state index is 0. The van der Waals surface area contributed by atoms with E-state index in [1.807, 2.05) is 10.9 Å². The van der Waals surface area contributed by atoms with E-state index in [-0.39, 0.29) is 30.2 Å². The van der Waals surface area contributed by atoms with Gasteiger partial charge in [0.15, 0.2) is 0 Å². The summed E-state index contributed by atoms with van der Waals surface area (Å²) in [6.45, 7) is 0.776. The fourth-order valence-corrected chi connectivity index (χ4v) is 4.77. The number of ether oxygens (including phenoxy) is 1. The molecule has 2 bridgehead atoms. The zero-order valence-electron chi connectivity index (χ0n) is 14.8. The van der Waals surface area contributed by atoms with Crippen molar-refractivity contribution in [1.29, 1.82) is 0 Å². The van der Waals surface area contributed by atoms with E-state index < -0.39 is 5.41 Å². The van der Waals surface area contributed by atoms with Crippen molar-refractivity contribution >= 4 is 29.7 Å². The van der Waals surface area contributed by atoms with Gasteiger partial charge in [-0.25, -0.2) is 9.37 Å². The number of rotatable bonds is 7. The van der Waals surface area contributed by atoms with Crippen molar-refractivity contribution in [3.05, 3.63) is 46.7 Å². The Bertz CT molecular complexity index is 759. The second-order valence-corrected chi connectivity index (χ2v) is 7.79. The molecule has 0 radical (unpaired) electrons. The van der Waals surface area contributed by atoms with Crippen LogP contribution in [0.4, 0.5) is 4.39 Å². The Kier molecular flexibility index (Phi) is 6.34. The van der Waals surface area contributed by atoms with Crippen LogP contribution in [-0.2, 0) is 11.2 Å². The van der Waals surface area contributed by atoms with Gasteiger partial charge in [-0.3, -0.25) is 4.79 Å². The molecule has 1 aromatic carbocycles. The number of amides is 1. The summed E-state index contributed by atoms with van der Waals surface area (Å²) in [6, 6.07) is 6.53. The van der Waals surface area contributed by atoms with Crippen molar-refractivity contribution in [2.45, 2.75) is 37.8 Å². The molecule has 2 aliphatic rings. The summed E-state index contributed by atoms with van der Waals surface area (Å²) in [5.74, 6) is 0.380. The number of benzene rings is 1. The molecule has 146 valence electrons. The summed E-state index contributed by atoms with van der Waals surface area (Å²) in [5.41, 5.74) is 2.38. The van der Waals surface area contributed by atoms with E-state index in [0.29, 0.717) is 31.4 Å². The van der Waals surface area contributed by atoms with Crippen LogP contribution in [0, 0.1) is 11.2 Å². The molecule has 2 saturated heterocycles. The molecule has 3 heterocycles. The van der Waals surface area contributed by atoms with Crippen LogP contribution in [0.25, 0.3) is 0 Å². The molecular formula is C19H23ClFN3O2S. The van der Waals surface area contributed by atoms with Gasteiger partial charge >= 0.3 is 0 Å². The molecule has 0 aliphatic carbocycles. The number of carbonyl (C=O) groups excluding carboxylic acids is 1. The summed E-state index contributed by atoms with van der Waals surface area (Å²) in [7, 11) is 0. The predicted octanol–water partition coefficient (Wildman–Crippen LogP) is 2.95. The Balaban J connectivity index is 0.00000210. The van der Waals surface area contributed by atoms with Gasteiger partial charge in [0.1, 0.15) is 18.2 Å². The maximum Gasteiger partial charge on any atom is 0.228 e. The summed E-state index contributed by atoms with van der Waals surface area (Å²) in [6.07, 6.45) is 3.72. The first-order chi connectivity index (χ1) is 12.7. The lowest BCUT2D eigenvalue weighted by Gasteiger charge is -2.34. The molecule has 0 unspecified atom stereocenters. The van der Waals surface area contributed by atoms with Crippen molar-refractivity contribution in [2.24, 2.45) is 5.41 Å². The van der Waals surface area contributed by atoms with Crippen molar-refractivity contribution in [3.63, 3.8) is 0 Å². The van der Waals surface area contributed by atoms with E-state index in [2.05, 4.69) is 15.6 Å². The monoisotopic (exact) mass is 411 g/mol. The Labute approximate surface area is 168 Å². The number of nitrogens with zero attached hydrogens (tertiary/aromatic N) is 1. The van der Waals surface area contributed by atoms with Crippen LogP contribution in [0.15, 0.2) is 35.2 Å². The lowest BCUT2D eigenvalue weighted by Crippen LogP contribution is -2.50. The Morgan fingerprint density at radius 1 is 1.37 bits per heavy atom. The van der Waals surface area contributed by atoms with Crippen LogP contribution in [0.2, 0.25) is 0 Å². The zero-order valence-corrected chi connectivity index (χ0v) is 16.5. The average molecular weight is 412 g/mol.